The smallest absolute Gasteiger partial charge is 0.147 e. The van der Waals surface area contributed by atoms with Gasteiger partial charge in [0, 0.05) is 25.0 Å². The van der Waals surface area contributed by atoms with Gasteiger partial charge in [-0.05, 0) is 40.2 Å². The van der Waals surface area contributed by atoms with E-state index in [1.165, 1.54) is 12.8 Å². The lowest BCUT2D eigenvalue weighted by atomic mass is 10.2. The Bertz CT molecular complexity index is 603. The Balaban J connectivity index is 1.67. The summed E-state index contributed by atoms with van der Waals surface area (Å²) in [5.41, 5.74) is 2.00. The quantitative estimate of drug-likeness (QED) is 0.855. The van der Waals surface area contributed by atoms with Gasteiger partial charge >= 0.3 is 0 Å². The number of hydrogen-bond donors (Lipinski definition) is 0. The first-order chi connectivity index (χ1) is 10.1. The Kier molecular flexibility index (Phi) is 3.96. The van der Waals surface area contributed by atoms with Crippen LogP contribution >= 0.6 is 0 Å². The van der Waals surface area contributed by atoms with Gasteiger partial charge in [0.2, 0.25) is 0 Å². The Morgan fingerprint density at radius 2 is 2.05 bits per heavy atom. The second kappa shape index (κ2) is 5.89. The van der Waals surface area contributed by atoms with Crippen molar-refractivity contribution in [3.8, 4) is 0 Å². The molecule has 0 aromatic carbocycles. The third-order valence-electron chi connectivity index (χ3n) is 4.04. The first-order valence-electron chi connectivity index (χ1n) is 7.51. The Hall–Kier alpha value is -1.82. The molecule has 1 aliphatic heterocycles. The van der Waals surface area contributed by atoms with E-state index < -0.39 is 0 Å². The summed E-state index contributed by atoms with van der Waals surface area (Å²) >= 11 is 0. The predicted octanol–water partition coefficient (Wildman–Crippen LogP) is 1.66. The van der Waals surface area contributed by atoms with E-state index in [1.54, 1.807) is 0 Å². The molecule has 1 unspecified atom stereocenters. The third-order valence-corrected chi connectivity index (χ3v) is 4.04. The maximum atomic E-state index is 4.48. The van der Waals surface area contributed by atoms with Crippen LogP contribution in [0.15, 0.2) is 12.4 Å². The molecule has 1 fully saturated rings. The van der Waals surface area contributed by atoms with Gasteiger partial charge in [-0.1, -0.05) is 0 Å². The molecule has 3 heterocycles. The minimum absolute atomic E-state index is 0.507. The fourth-order valence-electron chi connectivity index (χ4n) is 2.95. The summed E-state index contributed by atoms with van der Waals surface area (Å²) in [7, 11) is 0. The van der Waals surface area contributed by atoms with Crippen molar-refractivity contribution in [2.24, 2.45) is 0 Å². The Labute approximate surface area is 125 Å². The van der Waals surface area contributed by atoms with Gasteiger partial charge in [-0.15, -0.1) is 0 Å². The van der Waals surface area contributed by atoms with Crippen molar-refractivity contribution < 1.29 is 0 Å². The standard InChI is InChI=1S/C15H22N6/c1-11-7-17-14(8-16-11)9-20-6-4-5-15(20)10-21-13(3)18-12(2)19-21/h7-8,15H,4-6,9-10H2,1-3H3. The fraction of sp³-hybridized carbons (Fsp3) is 0.600. The molecular formula is C15H22N6. The summed E-state index contributed by atoms with van der Waals surface area (Å²) in [6.45, 7) is 8.82. The molecule has 0 saturated carbocycles. The summed E-state index contributed by atoms with van der Waals surface area (Å²) in [5, 5.41) is 4.48. The van der Waals surface area contributed by atoms with Crippen LogP contribution in [0.3, 0.4) is 0 Å². The predicted molar refractivity (Wildman–Crippen MR) is 79.7 cm³/mol. The Morgan fingerprint density at radius 3 is 2.71 bits per heavy atom. The van der Waals surface area contributed by atoms with Crippen LogP contribution in [0.25, 0.3) is 0 Å². The topological polar surface area (TPSA) is 59.7 Å². The molecule has 1 aliphatic rings. The molecule has 0 spiro atoms. The van der Waals surface area contributed by atoms with Crippen molar-refractivity contribution in [3.05, 3.63) is 35.4 Å². The highest BCUT2D eigenvalue weighted by Gasteiger charge is 2.26. The fourth-order valence-corrected chi connectivity index (χ4v) is 2.95. The van der Waals surface area contributed by atoms with E-state index in [2.05, 4.69) is 25.0 Å². The van der Waals surface area contributed by atoms with E-state index in [9.17, 15) is 0 Å². The number of rotatable bonds is 4. The maximum Gasteiger partial charge on any atom is 0.147 e. The average Bonchev–Trinajstić information content (AvgIpc) is 3.00. The lowest BCUT2D eigenvalue weighted by Crippen LogP contribution is -2.33. The molecule has 2 aromatic heterocycles. The van der Waals surface area contributed by atoms with Crippen LogP contribution in [-0.4, -0.2) is 42.2 Å². The molecule has 0 N–H and O–H groups in total. The summed E-state index contributed by atoms with van der Waals surface area (Å²) in [6.07, 6.45) is 6.16. The SMILES string of the molecule is Cc1cnc(CN2CCCC2Cn2nc(C)nc2C)cn1. The summed E-state index contributed by atoms with van der Waals surface area (Å²) in [5.74, 6) is 1.84. The van der Waals surface area contributed by atoms with Crippen molar-refractivity contribution in [1.29, 1.82) is 0 Å². The van der Waals surface area contributed by atoms with Crippen molar-refractivity contribution >= 4 is 0 Å². The number of likely N-dealkylation sites (tertiary alicyclic amines) is 1. The van der Waals surface area contributed by atoms with Gasteiger partial charge in [-0.2, -0.15) is 5.10 Å². The lowest BCUT2D eigenvalue weighted by Gasteiger charge is -2.24. The van der Waals surface area contributed by atoms with Gasteiger partial charge in [0.1, 0.15) is 11.6 Å². The molecule has 112 valence electrons. The molecule has 6 heteroatoms. The second-order valence-electron chi connectivity index (χ2n) is 5.80. The number of nitrogens with zero attached hydrogens (tertiary/aromatic N) is 6. The van der Waals surface area contributed by atoms with Crippen LogP contribution in [0, 0.1) is 20.8 Å². The molecular weight excluding hydrogens is 264 g/mol. The Morgan fingerprint density at radius 1 is 1.19 bits per heavy atom. The van der Waals surface area contributed by atoms with Crippen molar-refractivity contribution in [3.63, 3.8) is 0 Å². The zero-order valence-electron chi connectivity index (χ0n) is 13.0. The van der Waals surface area contributed by atoms with Gasteiger partial charge in [0.05, 0.1) is 17.9 Å². The first-order valence-corrected chi connectivity index (χ1v) is 7.51. The van der Waals surface area contributed by atoms with Crippen LogP contribution in [0.2, 0.25) is 0 Å². The van der Waals surface area contributed by atoms with Gasteiger partial charge in [-0.25, -0.2) is 9.67 Å². The zero-order chi connectivity index (χ0) is 14.8. The van der Waals surface area contributed by atoms with Crippen LogP contribution in [0.1, 0.15) is 35.9 Å². The second-order valence-corrected chi connectivity index (χ2v) is 5.80. The third kappa shape index (κ3) is 3.26. The molecule has 0 radical (unpaired) electrons. The molecule has 1 saturated heterocycles. The number of aromatic nitrogens is 5. The molecule has 2 aromatic rings. The van der Waals surface area contributed by atoms with E-state index in [4.69, 9.17) is 0 Å². The van der Waals surface area contributed by atoms with Crippen LogP contribution < -0.4 is 0 Å². The normalized spacial score (nSPS) is 19.3. The molecule has 3 rings (SSSR count). The van der Waals surface area contributed by atoms with Gasteiger partial charge < -0.3 is 0 Å². The zero-order valence-corrected chi connectivity index (χ0v) is 13.0. The van der Waals surface area contributed by atoms with E-state index in [0.29, 0.717) is 6.04 Å². The van der Waals surface area contributed by atoms with Gasteiger partial charge in [-0.3, -0.25) is 14.9 Å². The number of aryl methyl sites for hydroxylation is 3. The van der Waals surface area contributed by atoms with Crippen LogP contribution in [0.4, 0.5) is 0 Å². The maximum absolute atomic E-state index is 4.48. The molecule has 0 amide bonds. The van der Waals surface area contributed by atoms with Crippen LogP contribution in [-0.2, 0) is 13.1 Å². The van der Waals surface area contributed by atoms with E-state index in [-0.39, 0.29) is 0 Å². The average molecular weight is 286 g/mol. The van der Waals surface area contributed by atoms with Crippen molar-refractivity contribution in [2.75, 3.05) is 6.54 Å². The molecule has 0 bridgehead atoms. The minimum atomic E-state index is 0.507. The highest BCUT2D eigenvalue weighted by atomic mass is 15.4. The summed E-state index contributed by atoms with van der Waals surface area (Å²) in [6, 6.07) is 0.507. The summed E-state index contributed by atoms with van der Waals surface area (Å²) < 4.78 is 2.03. The summed E-state index contributed by atoms with van der Waals surface area (Å²) in [4.78, 5) is 15.7. The van der Waals surface area contributed by atoms with Gasteiger partial charge in [0.25, 0.3) is 0 Å². The first kappa shape index (κ1) is 14.1. The van der Waals surface area contributed by atoms with Crippen molar-refractivity contribution in [2.45, 2.75) is 52.7 Å². The van der Waals surface area contributed by atoms with Gasteiger partial charge in [0.15, 0.2) is 0 Å². The highest BCUT2D eigenvalue weighted by Crippen LogP contribution is 2.21. The largest absolute Gasteiger partial charge is 0.293 e. The van der Waals surface area contributed by atoms with E-state index in [1.807, 2.05) is 37.8 Å². The number of hydrogen-bond acceptors (Lipinski definition) is 5. The molecule has 1 atom stereocenters. The van der Waals surface area contributed by atoms with Crippen molar-refractivity contribution in [1.82, 2.24) is 29.6 Å². The molecule has 21 heavy (non-hydrogen) atoms. The lowest BCUT2D eigenvalue weighted by molar-refractivity contribution is 0.215. The molecule has 6 nitrogen and oxygen atoms in total. The van der Waals surface area contributed by atoms with Crippen LogP contribution in [0.5, 0.6) is 0 Å². The monoisotopic (exact) mass is 286 g/mol. The minimum Gasteiger partial charge on any atom is -0.293 e. The highest BCUT2D eigenvalue weighted by molar-refractivity contribution is 5.01. The van der Waals surface area contributed by atoms with E-state index in [0.717, 1.165) is 42.7 Å². The van der Waals surface area contributed by atoms with E-state index >= 15 is 0 Å². The molecule has 0 aliphatic carbocycles.